The summed E-state index contributed by atoms with van der Waals surface area (Å²) in [6.45, 7) is 0.992. The molecule has 0 unspecified atom stereocenters. The monoisotopic (exact) mass is 474 g/mol. The van der Waals surface area contributed by atoms with Crippen molar-refractivity contribution in [2.45, 2.75) is 31.8 Å². The third-order valence-electron chi connectivity index (χ3n) is 5.71. The maximum atomic E-state index is 13.6. The van der Waals surface area contributed by atoms with Gasteiger partial charge in [-0.3, -0.25) is 14.2 Å². The fourth-order valence-electron chi connectivity index (χ4n) is 3.86. The van der Waals surface area contributed by atoms with Gasteiger partial charge in [0.2, 0.25) is 5.88 Å². The molecule has 3 aromatic rings. The van der Waals surface area contributed by atoms with E-state index < -0.39 is 17.3 Å². The second-order valence-corrected chi connectivity index (χ2v) is 8.70. The van der Waals surface area contributed by atoms with Gasteiger partial charge in [-0.25, -0.2) is 0 Å². The van der Waals surface area contributed by atoms with Crippen molar-refractivity contribution in [2.75, 3.05) is 13.2 Å². The smallest absolute Gasteiger partial charge is 0.270 e. The van der Waals surface area contributed by atoms with Crippen molar-refractivity contribution in [3.8, 4) is 5.88 Å². The highest BCUT2D eigenvalue weighted by atomic mass is 35.5. The molecule has 3 heterocycles. The van der Waals surface area contributed by atoms with Gasteiger partial charge < -0.3 is 15.2 Å². The molecule has 1 aliphatic heterocycles. The molecule has 0 atom stereocenters. The third kappa shape index (κ3) is 3.68. The zero-order chi connectivity index (χ0) is 22.4. The van der Waals surface area contributed by atoms with Crippen LogP contribution in [0.3, 0.4) is 0 Å². The SMILES string of the molecule is O=C(NC1CC1)c1c(O)n2ncc(C3=CCOCC3)c2n(Cc2c(Cl)cccc2Cl)c1=O. The summed E-state index contributed by atoms with van der Waals surface area (Å²) in [4.78, 5) is 26.4. The third-order valence-corrected chi connectivity index (χ3v) is 6.42. The summed E-state index contributed by atoms with van der Waals surface area (Å²) >= 11 is 12.8. The van der Waals surface area contributed by atoms with Gasteiger partial charge in [-0.05, 0) is 37.0 Å². The molecule has 10 heteroatoms. The predicted molar refractivity (Wildman–Crippen MR) is 121 cm³/mol. The number of nitrogens with zero attached hydrogens (tertiary/aromatic N) is 3. The normalized spacial score (nSPS) is 16.2. The molecule has 1 aliphatic carbocycles. The highest BCUT2D eigenvalue weighted by molar-refractivity contribution is 6.36. The molecule has 0 radical (unpaired) electrons. The van der Waals surface area contributed by atoms with Crippen molar-refractivity contribution in [2.24, 2.45) is 0 Å². The lowest BCUT2D eigenvalue weighted by Gasteiger charge is -2.17. The molecule has 32 heavy (non-hydrogen) atoms. The minimum atomic E-state index is -0.640. The topological polar surface area (TPSA) is 97.9 Å². The first-order valence-electron chi connectivity index (χ1n) is 10.3. The number of benzene rings is 1. The van der Waals surface area contributed by atoms with Crippen LogP contribution in [0.15, 0.2) is 35.3 Å². The van der Waals surface area contributed by atoms with E-state index in [4.69, 9.17) is 27.9 Å². The number of ether oxygens (including phenoxy) is 1. The van der Waals surface area contributed by atoms with Crippen LogP contribution in [0.4, 0.5) is 0 Å². The van der Waals surface area contributed by atoms with Gasteiger partial charge in [0.15, 0.2) is 11.2 Å². The number of hydrogen-bond acceptors (Lipinski definition) is 5. The number of aromatic nitrogens is 3. The standard InChI is InChI=1S/C22H20Cl2N4O4/c23-16-2-1-3-17(24)15(16)11-27-20-14(12-6-8-32-9-7-12)10-25-28(20)22(31)18(21(27)30)19(29)26-13-4-5-13/h1-3,6,10,13,31H,4-5,7-9,11H2,(H,26,29). The Morgan fingerprint density at radius 1 is 1.28 bits per heavy atom. The van der Waals surface area contributed by atoms with E-state index in [1.165, 1.54) is 9.08 Å². The molecular weight excluding hydrogens is 455 g/mol. The Hall–Kier alpha value is -2.81. The molecule has 8 nitrogen and oxygen atoms in total. The maximum absolute atomic E-state index is 13.6. The van der Waals surface area contributed by atoms with Gasteiger partial charge in [0.25, 0.3) is 11.5 Å². The minimum absolute atomic E-state index is 0.00724. The van der Waals surface area contributed by atoms with Gasteiger partial charge in [0, 0.05) is 27.2 Å². The molecule has 2 aliphatic rings. The fourth-order valence-corrected chi connectivity index (χ4v) is 4.38. The molecule has 1 saturated carbocycles. The molecule has 0 bridgehead atoms. The van der Waals surface area contributed by atoms with Crippen LogP contribution < -0.4 is 10.9 Å². The van der Waals surface area contributed by atoms with Gasteiger partial charge in [-0.1, -0.05) is 35.3 Å². The van der Waals surface area contributed by atoms with Crippen molar-refractivity contribution < 1.29 is 14.6 Å². The molecule has 0 saturated heterocycles. The molecule has 0 spiro atoms. The number of halogens is 2. The van der Waals surface area contributed by atoms with Crippen molar-refractivity contribution >= 4 is 40.3 Å². The first kappa shape index (κ1) is 21.1. The Bertz CT molecular complexity index is 1300. The first-order chi connectivity index (χ1) is 15.5. The zero-order valence-electron chi connectivity index (χ0n) is 17.0. The molecular formula is C22H20Cl2N4O4. The Balaban J connectivity index is 1.75. The van der Waals surface area contributed by atoms with Gasteiger partial charge in [-0.2, -0.15) is 9.61 Å². The number of nitrogens with one attached hydrogen (secondary N) is 1. The highest BCUT2D eigenvalue weighted by Crippen LogP contribution is 2.31. The van der Waals surface area contributed by atoms with Crippen LogP contribution in [0.5, 0.6) is 5.88 Å². The second kappa shape index (κ2) is 8.27. The molecule has 1 aromatic carbocycles. The average molecular weight is 475 g/mol. The molecule has 1 fully saturated rings. The predicted octanol–water partition coefficient (Wildman–Crippen LogP) is 3.25. The van der Waals surface area contributed by atoms with Crippen LogP contribution >= 0.6 is 23.2 Å². The minimum Gasteiger partial charge on any atom is -0.492 e. The Morgan fingerprint density at radius 2 is 2.03 bits per heavy atom. The van der Waals surface area contributed by atoms with E-state index in [1.807, 2.05) is 6.08 Å². The van der Waals surface area contributed by atoms with Gasteiger partial charge >= 0.3 is 0 Å². The number of carbonyl (C=O) groups is 1. The molecule has 2 aromatic heterocycles. The van der Waals surface area contributed by atoms with E-state index in [9.17, 15) is 14.7 Å². The lowest BCUT2D eigenvalue weighted by Crippen LogP contribution is -2.36. The fraction of sp³-hybridized carbons (Fsp3) is 0.318. The number of fused-ring (bicyclic) bond motifs is 1. The summed E-state index contributed by atoms with van der Waals surface area (Å²) in [6, 6.07) is 5.10. The number of rotatable bonds is 5. The van der Waals surface area contributed by atoms with Crippen molar-refractivity contribution in [3.05, 3.63) is 67.6 Å². The Kier molecular flexibility index (Phi) is 5.44. The number of carbonyl (C=O) groups excluding carboxylic acids is 1. The van der Waals surface area contributed by atoms with E-state index in [0.717, 1.165) is 18.4 Å². The summed E-state index contributed by atoms with van der Waals surface area (Å²) in [5.74, 6) is -1.12. The van der Waals surface area contributed by atoms with Crippen molar-refractivity contribution in [1.29, 1.82) is 0 Å². The average Bonchev–Trinajstić information content (AvgIpc) is 3.47. The molecule has 5 rings (SSSR count). The van der Waals surface area contributed by atoms with Crippen LogP contribution in [-0.4, -0.2) is 44.5 Å². The largest absolute Gasteiger partial charge is 0.492 e. The zero-order valence-corrected chi connectivity index (χ0v) is 18.5. The Morgan fingerprint density at radius 3 is 2.69 bits per heavy atom. The first-order valence-corrected chi connectivity index (χ1v) is 11.1. The van der Waals surface area contributed by atoms with E-state index >= 15 is 0 Å². The summed E-state index contributed by atoms with van der Waals surface area (Å²) in [5, 5.41) is 18.7. The van der Waals surface area contributed by atoms with E-state index in [1.54, 1.807) is 24.4 Å². The van der Waals surface area contributed by atoms with Crippen LogP contribution in [0.2, 0.25) is 10.0 Å². The lowest BCUT2D eigenvalue weighted by atomic mass is 10.0. The lowest BCUT2D eigenvalue weighted by molar-refractivity contribution is 0.0945. The molecule has 1 amide bonds. The number of hydrogen-bond donors (Lipinski definition) is 2. The van der Waals surface area contributed by atoms with Crippen molar-refractivity contribution in [3.63, 3.8) is 0 Å². The summed E-state index contributed by atoms with van der Waals surface area (Å²) in [5.41, 5.74) is 1.52. The molecule has 2 N–H and O–H groups in total. The van der Waals surface area contributed by atoms with Gasteiger partial charge in [-0.15, -0.1) is 0 Å². The Labute approximate surface area is 193 Å². The summed E-state index contributed by atoms with van der Waals surface area (Å²) < 4.78 is 8.02. The van der Waals surface area contributed by atoms with Crippen LogP contribution in [0, 0.1) is 0 Å². The van der Waals surface area contributed by atoms with E-state index in [0.29, 0.717) is 46.5 Å². The van der Waals surface area contributed by atoms with Crippen LogP contribution in [-0.2, 0) is 11.3 Å². The number of aromatic hydroxyl groups is 1. The van der Waals surface area contributed by atoms with E-state index in [-0.39, 0.29) is 18.2 Å². The highest BCUT2D eigenvalue weighted by Gasteiger charge is 2.30. The summed E-state index contributed by atoms with van der Waals surface area (Å²) in [7, 11) is 0. The van der Waals surface area contributed by atoms with Gasteiger partial charge in [0.05, 0.1) is 26.0 Å². The quantitative estimate of drug-likeness (QED) is 0.591. The molecule has 166 valence electrons. The van der Waals surface area contributed by atoms with Crippen LogP contribution in [0.1, 0.15) is 40.7 Å². The van der Waals surface area contributed by atoms with Gasteiger partial charge in [0.1, 0.15) is 0 Å². The maximum Gasteiger partial charge on any atom is 0.270 e. The second-order valence-electron chi connectivity index (χ2n) is 7.89. The van der Waals surface area contributed by atoms with Crippen LogP contribution in [0.25, 0.3) is 11.2 Å². The van der Waals surface area contributed by atoms with E-state index in [2.05, 4.69) is 10.4 Å². The van der Waals surface area contributed by atoms with Crippen molar-refractivity contribution in [1.82, 2.24) is 19.5 Å². The summed E-state index contributed by atoms with van der Waals surface area (Å²) in [6.07, 6.45) is 5.83. The number of amides is 1.